The molecule has 7 N–H and O–H groups in total. The van der Waals surface area contributed by atoms with Crippen LogP contribution in [0, 0.1) is 0 Å². The highest BCUT2D eigenvalue weighted by molar-refractivity contribution is 5.98. The fourth-order valence-corrected chi connectivity index (χ4v) is 4.87. The van der Waals surface area contributed by atoms with E-state index in [1.165, 1.54) is 13.8 Å². The smallest absolute Gasteiger partial charge is 0.254 e. The molecule has 250 valence electrons. The number of aromatic nitrogens is 2. The predicted molar refractivity (Wildman–Crippen MR) is 185 cm³/mol. The van der Waals surface area contributed by atoms with Crippen molar-refractivity contribution in [3.63, 3.8) is 0 Å². The molecule has 0 fully saturated rings. The lowest BCUT2D eigenvalue weighted by Gasteiger charge is -2.17. The highest BCUT2D eigenvalue weighted by Crippen LogP contribution is 2.26. The van der Waals surface area contributed by atoms with Crippen LogP contribution < -0.4 is 21.3 Å². The number of benzene rings is 4. The molecule has 5 aromatic rings. The van der Waals surface area contributed by atoms with Crippen LogP contribution in [0.5, 0.6) is 0 Å². The fourth-order valence-electron chi connectivity index (χ4n) is 4.87. The summed E-state index contributed by atoms with van der Waals surface area (Å²) in [6.45, 7) is 3.07. The van der Waals surface area contributed by atoms with E-state index in [4.69, 9.17) is 0 Å². The second-order valence-electron chi connectivity index (χ2n) is 11.4. The van der Waals surface area contributed by atoms with Crippen LogP contribution in [0.15, 0.2) is 115 Å². The van der Waals surface area contributed by atoms with Crippen molar-refractivity contribution < 1.29 is 29.4 Å². The molecule has 12 nitrogen and oxygen atoms in total. The second-order valence-corrected chi connectivity index (χ2v) is 11.4. The van der Waals surface area contributed by atoms with Gasteiger partial charge < -0.3 is 31.5 Å². The zero-order valence-corrected chi connectivity index (χ0v) is 26.8. The van der Waals surface area contributed by atoms with Gasteiger partial charge in [-0.15, -0.1) is 0 Å². The average Bonchev–Trinajstić information content (AvgIpc) is 3.62. The Hall–Kier alpha value is -6.11. The molecule has 0 aliphatic heterocycles. The van der Waals surface area contributed by atoms with Crippen LogP contribution >= 0.6 is 0 Å². The molecule has 1 heterocycles. The number of hydrogen-bond acceptors (Lipinski definition) is 7. The van der Waals surface area contributed by atoms with Crippen LogP contribution in [-0.2, 0) is 19.2 Å². The minimum absolute atomic E-state index is 0.432. The van der Waals surface area contributed by atoms with Crippen LogP contribution in [0.4, 0.5) is 11.4 Å². The summed E-state index contributed by atoms with van der Waals surface area (Å²) in [5, 5.41) is 38.5. The van der Waals surface area contributed by atoms with Crippen molar-refractivity contribution in [3.05, 3.63) is 126 Å². The number of aliphatic hydroxyl groups is 2. The minimum atomic E-state index is -1.38. The predicted octanol–water partition coefficient (Wildman–Crippen LogP) is 4.10. The first kappa shape index (κ1) is 34.2. The van der Waals surface area contributed by atoms with Gasteiger partial charge in [-0.05, 0) is 60.9 Å². The summed E-state index contributed by atoms with van der Waals surface area (Å²) in [7, 11) is 0. The van der Waals surface area contributed by atoms with E-state index in [2.05, 4.69) is 31.5 Å². The van der Waals surface area contributed by atoms with E-state index in [9.17, 15) is 29.4 Å². The largest absolute Gasteiger partial charge is 0.378 e. The van der Waals surface area contributed by atoms with Gasteiger partial charge in [-0.2, -0.15) is 5.10 Å². The van der Waals surface area contributed by atoms with Gasteiger partial charge in [0.15, 0.2) is 12.2 Å². The van der Waals surface area contributed by atoms with E-state index >= 15 is 0 Å². The molecule has 0 bridgehead atoms. The van der Waals surface area contributed by atoms with Gasteiger partial charge in [0.1, 0.15) is 12.1 Å². The molecule has 4 amide bonds. The number of rotatable bonds is 12. The van der Waals surface area contributed by atoms with Gasteiger partial charge in [0.2, 0.25) is 11.8 Å². The Bertz CT molecular complexity index is 1760. The molecule has 0 radical (unpaired) electrons. The van der Waals surface area contributed by atoms with E-state index in [-0.39, 0.29) is 0 Å². The summed E-state index contributed by atoms with van der Waals surface area (Å²) in [5.41, 5.74) is 4.94. The highest BCUT2D eigenvalue weighted by atomic mass is 16.3. The van der Waals surface area contributed by atoms with Crippen molar-refractivity contribution in [3.8, 4) is 22.5 Å². The van der Waals surface area contributed by atoms with Crippen LogP contribution in [0.2, 0.25) is 0 Å². The van der Waals surface area contributed by atoms with Crippen molar-refractivity contribution in [2.45, 2.75) is 38.1 Å². The Morgan fingerprint density at radius 3 is 1.41 bits per heavy atom. The van der Waals surface area contributed by atoms with Crippen molar-refractivity contribution in [2.75, 3.05) is 10.6 Å². The normalized spacial score (nSPS) is 13.3. The van der Waals surface area contributed by atoms with Gasteiger partial charge in [0, 0.05) is 16.9 Å². The summed E-state index contributed by atoms with van der Waals surface area (Å²) in [6, 6.07) is 31.1. The Balaban J connectivity index is 1.12. The zero-order chi connectivity index (χ0) is 34.9. The SMILES string of the molecule is C[C@H](NC(=O)[C@@H](O)c1ccccc1)C(=O)Nc1ccc(-c2cc(-c3ccc(NC(=O)[C@H](C)NC(=O)[C@@H](O)c4ccccc4)cc3)[nH]n2)cc1. The lowest BCUT2D eigenvalue weighted by molar-refractivity contribution is -0.132. The summed E-state index contributed by atoms with van der Waals surface area (Å²) >= 11 is 0. The van der Waals surface area contributed by atoms with E-state index < -0.39 is 47.9 Å². The Labute approximate surface area is 282 Å². The third kappa shape index (κ3) is 8.83. The van der Waals surface area contributed by atoms with Gasteiger partial charge in [-0.3, -0.25) is 24.3 Å². The molecular formula is C37H36N6O6. The topological polar surface area (TPSA) is 186 Å². The number of carbonyl (C=O) groups excluding carboxylic acids is 4. The van der Waals surface area contributed by atoms with Crippen LogP contribution in [0.25, 0.3) is 22.5 Å². The van der Waals surface area contributed by atoms with Crippen molar-refractivity contribution >= 4 is 35.0 Å². The maximum Gasteiger partial charge on any atom is 0.254 e. The van der Waals surface area contributed by atoms with Crippen molar-refractivity contribution in [2.24, 2.45) is 0 Å². The Kier molecular flexibility index (Phi) is 10.9. The summed E-state index contributed by atoms with van der Waals surface area (Å²) in [4.78, 5) is 50.2. The molecular weight excluding hydrogens is 624 g/mol. The first-order valence-electron chi connectivity index (χ1n) is 15.5. The van der Waals surface area contributed by atoms with Crippen LogP contribution in [-0.4, -0.2) is 56.1 Å². The lowest BCUT2D eigenvalue weighted by Crippen LogP contribution is -2.43. The number of H-pyrrole nitrogens is 1. The number of nitrogens with zero attached hydrogens (tertiary/aromatic N) is 1. The van der Waals surface area contributed by atoms with Gasteiger partial charge in [0.05, 0.1) is 11.4 Å². The first-order chi connectivity index (χ1) is 23.6. The maximum atomic E-state index is 12.7. The number of aromatic amines is 1. The fraction of sp³-hybridized carbons (Fsp3) is 0.162. The highest BCUT2D eigenvalue weighted by Gasteiger charge is 2.23. The molecule has 4 atom stereocenters. The number of aliphatic hydroxyl groups excluding tert-OH is 2. The molecule has 0 unspecified atom stereocenters. The zero-order valence-electron chi connectivity index (χ0n) is 26.8. The molecule has 0 saturated carbocycles. The van der Waals surface area contributed by atoms with E-state index in [0.717, 1.165) is 16.8 Å². The quantitative estimate of drug-likeness (QED) is 0.105. The van der Waals surface area contributed by atoms with E-state index in [0.29, 0.717) is 28.2 Å². The van der Waals surface area contributed by atoms with Gasteiger partial charge in [-0.1, -0.05) is 84.9 Å². The molecule has 0 spiro atoms. The van der Waals surface area contributed by atoms with Gasteiger partial charge in [0.25, 0.3) is 11.8 Å². The van der Waals surface area contributed by atoms with Gasteiger partial charge in [-0.25, -0.2) is 0 Å². The summed E-state index contributed by atoms with van der Waals surface area (Å²) in [6.07, 6.45) is -2.77. The summed E-state index contributed by atoms with van der Waals surface area (Å²) in [5.74, 6) is -2.22. The Morgan fingerprint density at radius 2 is 0.980 bits per heavy atom. The molecule has 1 aromatic heterocycles. The third-order valence-corrected chi connectivity index (χ3v) is 7.72. The number of nitrogens with one attached hydrogen (secondary N) is 5. The summed E-state index contributed by atoms with van der Waals surface area (Å²) < 4.78 is 0. The minimum Gasteiger partial charge on any atom is -0.378 e. The number of hydrogen-bond donors (Lipinski definition) is 7. The monoisotopic (exact) mass is 660 g/mol. The lowest BCUT2D eigenvalue weighted by atomic mass is 10.1. The van der Waals surface area contributed by atoms with Gasteiger partial charge >= 0.3 is 0 Å². The molecule has 5 rings (SSSR count). The van der Waals surface area contributed by atoms with Crippen LogP contribution in [0.3, 0.4) is 0 Å². The number of amides is 4. The third-order valence-electron chi connectivity index (χ3n) is 7.72. The van der Waals surface area contributed by atoms with Crippen molar-refractivity contribution in [1.82, 2.24) is 20.8 Å². The molecule has 49 heavy (non-hydrogen) atoms. The standard InChI is InChI=1S/C37H36N6O6/c1-22(38-36(48)32(44)26-9-5-3-6-10-26)34(46)40-28-17-13-24(14-18-28)30-21-31(43-42-30)25-15-19-29(20-16-25)41-35(47)23(2)39-37(49)33(45)27-11-7-4-8-12-27/h3-23,32-33,44-45H,1-2H3,(H,38,48)(H,39,49)(H,40,46)(H,41,47)(H,42,43)/t22-,23-,32-,33-/m0/s1. The molecule has 12 heteroatoms. The first-order valence-corrected chi connectivity index (χ1v) is 15.5. The Morgan fingerprint density at radius 1 is 0.571 bits per heavy atom. The molecule has 4 aromatic carbocycles. The van der Waals surface area contributed by atoms with Crippen molar-refractivity contribution in [1.29, 1.82) is 0 Å². The van der Waals surface area contributed by atoms with E-state index in [1.54, 1.807) is 97.1 Å². The molecule has 0 aliphatic carbocycles. The molecule has 0 aliphatic rings. The second kappa shape index (κ2) is 15.7. The number of anilines is 2. The average molecular weight is 661 g/mol. The molecule has 0 saturated heterocycles. The number of carbonyl (C=O) groups is 4. The van der Waals surface area contributed by atoms with Crippen LogP contribution in [0.1, 0.15) is 37.2 Å². The van der Waals surface area contributed by atoms with E-state index in [1.807, 2.05) is 18.2 Å². The maximum absolute atomic E-state index is 12.7.